The number of rotatable bonds is 4. The first-order valence-corrected chi connectivity index (χ1v) is 6.26. The molecule has 1 aromatic rings. The molecule has 1 heterocycles. The van der Waals surface area contributed by atoms with Gasteiger partial charge in [0.15, 0.2) is 6.29 Å². The molecule has 0 N–H and O–H groups in total. The molecule has 0 aliphatic carbocycles. The minimum Gasteiger partial charge on any atom is -0.464 e. The Morgan fingerprint density at radius 1 is 1.47 bits per heavy atom. The van der Waals surface area contributed by atoms with Crippen molar-refractivity contribution in [3.63, 3.8) is 0 Å². The molecule has 0 aromatic heterocycles. The quantitative estimate of drug-likeness (QED) is 0.782. The summed E-state index contributed by atoms with van der Waals surface area (Å²) in [5.74, 6) is 1.37. The van der Waals surface area contributed by atoms with Gasteiger partial charge in [0.25, 0.3) is 0 Å². The Kier molecular flexibility index (Phi) is 3.85. The van der Waals surface area contributed by atoms with Crippen molar-refractivity contribution in [2.45, 2.75) is 38.9 Å². The fourth-order valence-corrected chi connectivity index (χ4v) is 2.10. The molecule has 0 amide bonds. The van der Waals surface area contributed by atoms with Crippen molar-refractivity contribution in [2.24, 2.45) is 0 Å². The summed E-state index contributed by atoms with van der Waals surface area (Å²) in [5, 5.41) is 0. The molecule has 2 heteroatoms. The van der Waals surface area contributed by atoms with Crippen LogP contribution in [0.25, 0.3) is 6.08 Å². The van der Waals surface area contributed by atoms with Gasteiger partial charge in [-0.2, -0.15) is 0 Å². The second-order valence-electron chi connectivity index (χ2n) is 4.68. The fraction of sp³-hybridized carbons (Fsp3) is 0.467. The van der Waals surface area contributed by atoms with Crippen LogP contribution in [-0.2, 0) is 4.74 Å². The molecule has 17 heavy (non-hydrogen) atoms. The van der Waals surface area contributed by atoms with Gasteiger partial charge in [-0.1, -0.05) is 44.7 Å². The molecule has 1 saturated heterocycles. The maximum atomic E-state index is 6.00. The van der Waals surface area contributed by atoms with Crippen LogP contribution in [0, 0.1) is 0 Å². The van der Waals surface area contributed by atoms with E-state index in [2.05, 4.69) is 32.6 Å². The average molecular weight is 232 g/mol. The van der Waals surface area contributed by atoms with Crippen molar-refractivity contribution < 1.29 is 9.47 Å². The van der Waals surface area contributed by atoms with Crippen LogP contribution in [0.3, 0.4) is 0 Å². The third kappa shape index (κ3) is 2.70. The molecule has 1 unspecified atom stereocenters. The summed E-state index contributed by atoms with van der Waals surface area (Å²) in [6.07, 6.45) is 3.81. The SMILES string of the molecule is C=Cc1cccc(C(C)C)c1OC1CCCO1. The zero-order chi connectivity index (χ0) is 12.3. The zero-order valence-corrected chi connectivity index (χ0v) is 10.6. The van der Waals surface area contributed by atoms with E-state index in [4.69, 9.17) is 9.47 Å². The second-order valence-corrected chi connectivity index (χ2v) is 4.68. The van der Waals surface area contributed by atoms with Gasteiger partial charge >= 0.3 is 0 Å². The lowest BCUT2D eigenvalue weighted by molar-refractivity contribution is -0.0398. The topological polar surface area (TPSA) is 18.5 Å². The summed E-state index contributed by atoms with van der Waals surface area (Å²) in [7, 11) is 0. The van der Waals surface area contributed by atoms with Crippen LogP contribution < -0.4 is 4.74 Å². The number of hydrogen-bond acceptors (Lipinski definition) is 2. The smallest absolute Gasteiger partial charge is 0.199 e. The highest BCUT2D eigenvalue weighted by atomic mass is 16.7. The summed E-state index contributed by atoms with van der Waals surface area (Å²) in [6.45, 7) is 8.99. The minimum absolute atomic E-state index is 0.0893. The van der Waals surface area contributed by atoms with E-state index in [1.165, 1.54) is 5.56 Å². The van der Waals surface area contributed by atoms with E-state index in [0.29, 0.717) is 5.92 Å². The van der Waals surface area contributed by atoms with E-state index in [0.717, 1.165) is 30.8 Å². The van der Waals surface area contributed by atoms with Crippen LogP contribution in [-0.4, -0.2) is 12.9 Å². The minimum atomic E-state index is -0.0893. The highest BCUT2D eigenvalue weighted by Crippen LogP contribution is 2.33. The second kappa shape index (κ2) is 5.37. The van der Waals surface area contributed by atoms with Crippen LogP contribution in [0.1, 0.15) is 43.7 Å². The Hall–Kier alpha value is -1.28. The maximum Gasteiger partial charge on any atom is 0.199 e. The Balaban J connectivity index is 2.30. The van der Waals surface area contributed by atoms with Gasteiger partial charge in [0, 0.05) is 12.0 Å². The molecule has 1 aliphatic heterocycles. The molecular weight excluding hydrogens is 212 g/mol. The van der Waals surface area contributed by atoms with Crippen LogP contribution in [0.4, 0.5) is 0 Å². The lowest BCUT2D eigenvalue weighted by Crippen LogP contribution is -2.16. The van der Waals surface area contributed by atoms with E-state index < -0.39 is 0 Å². The van der Waals surface area contributed by atoms with Crippen LogP contribution in [0.5, 0.6) is 5.75 Å². The molecule has 1 aliphatic rings. The third-order valence-electron chi connectivity index (χ3n) is 3.06. The maximum absolute atomic E-state index is 6.00. The normalized spacial score (nSPS) is 19.6. The van der Waals surface area contributed by atoms with Gasteiger partial charge in [-0.05, 0) is 17.9 Å². The van der Waals surface area contributed by atoms with Gasteiger partial charge in [0.2, 0.25) is 0 Å². The molecule has 2 rings (SSSR count). The van der Waals surface area contributed by atoms with Gasteiger partial charge < -0.3 is 9.47 Å². The molecule has 0 bridgehead atoms. The van der Waals surface area contributed by atoms with E-state index in [1.807, 2.05) is 12.1 Å². The predicted molar refractivity (Wildman–Crippen MR) is 70.2 cm³/mol. The summed E-state index contributed by atoms with van der Waals surface area (Å²) in [6, 6.07) is 6.19. The highest BCUT2D eigenvalue weighted by Gasteiger charge is 2.20. The van der Waals surface area contributed by atoms with Crippen molar-refractivity contribution >= 4 is 6.08 Å². The number of para-hydroxylation sites is 1. The standard InChI is InChI=1S/C15H20O2/c1-4-12-7-5-8-13(11(2)3)15(12)17-14-9-6-10-16-14/h4-5,7-8,11,14H,1,6,9-10H2,2-3H3. The third-order valence-corrected chi connectivity index (χ3v) is 3.06. The molecule has 0 saturated carbocycles. The van der Waals surface area contributed by atoms with Gasteiger partial charge in [0.05, 0.1) is 6.61 Å². The lowest BCUT2D eigenvalue weighted by Gasteiger charge is -2.20. The Morgan fingerprint density at radius 2 is 2.29 bits per heavy atom. The molecule has 1 fully saturated rings. The van der Waals surface area contributed by atoms with E-state index in [9.17, 15) is 0 Å². The van der Waals surface area contributed by atoms with E-state index in [1.54, 1.807) is 0 Å². The first-order chi connectivity index (χ1) is 8.22. The largest absolute Gasteiger partial charge is 0.464 e. The van der Waals surface area contributed by atoms with Crippen molar-refractivity contribution in [3.05, 3.63) is 35.9 Å². The lowest BCUT2D eigenvalue weighted by atomic mass is 9.99. The molecule has 0 radical (unpaired) electrons. The molecule has 2 nitrogen and oxygen atoms in total. The molecule has 92 valence electrons. The number of hydrogen-bond donors (Lipinski definition) is 0. The van der Waals surface area contributed by atoms with Crippen LogP contribution in [0.2, 0.25) is 0 Å². The molecule has 1 atom stereocenters. The first-order valence-electron chi connectivity index (χ1n) is 6.26. The Bertz CT molecular complexity index is 390. The van der Waals surface area contributed by atoms with E-state index >= 15 is 0 Å². The summed E-state index contributed by atoms with van der Waals surface area (Å²) in [5.41, 5.74) is 2.27. The van der Waals surface area contributed by atoms with E-state index in [-0.39, 0.29) is 6.29 Å². The van der Waals surface area contributed by atoms with Crippen LogP contribution >= 0.6 is 0 Å². The van der Waals surface area contributed by atoms with Crippen LogP contribution in [0.15, 0.2) is 24.8 Å². The predicted octanol–water partition coefficient (Wildman–Crippen LogP) is 3.97. The Labute approximate surface area is 103 Å². The molecule has 0 spiro atoms. The first kappa shape index (κ1) is 12.2. The summed E-state index contributed by atoms with van der Waals surface area (Å²) >= 11 is 0. The summed E-state index contributed by atoms with van der Waals surface area (Å²) < 4.78 is 11.5. The van der Waals surface area contributed by atoms with Gasteiger partial charge in [-0.25, -0.2) is 0 Å². The van der Waals surface area contributed by atoms with Crippen molar-refractivity contribution in [1.82, 2.24) is 0 Å². The van der Waals surface area contributed by atoms with Gasteiger partial charge in [0.1, 0.15) is 5.75 Å². The van der Waals surface area contributed by atoms with Crippen molar-refractivity contribution in [3.8, 4) is 5.75 Å². The zero-order valence-electron chi connectivity index (χ0n) is 10.6. The highest BCUT2D eigenvalue weighted by molar-refractivity contribution is 5.59. The Morgan fingerprint density at radius 3 is 2.88 bits per heavy atom. The summed E-state index contributed by atoms with van der Waals surface area (Å²) in [4.78, 5) is 0. The van der Waals surface area contributed by atoms with Gasteiger partial charge in [-0.15, -0.1) is 0 Å². The molecular formula is C15H20O2. The number of ether oxygens (including phenoxy) is 2. The fourth-order valence-electron chi connectivity index (χ4n) is 2.10. The van der Waals surface area contributed by atoms with Gasteiger partial charge in [-0.3, -0.25) is 0 Å². The van der Waals surface area contributed by atoms with Crippen molar-refractivity contribution in [2.75, 3.05) is 6.61 Å². The average Bonchev–Trinajstić information content (AvgIpc) is 2.82. The van der Waals surface area contributed by atoms with Crippen molar-refractivity contribution in [1.29, 1.82) is 0 Å². The number of benzene rings is 1. The molecule has 1 aromatic carbocycles. The monoisotopic (exact) mass is 232 g/mol.